The smallest absolute Gasteiger partial charge is 0.171 e. The monoisotopic (exact) mass is 1520 g/mol. The highest BCUT2D eigenvalue weighted by atomic mass is 31.2. The van der Waals surface area contributed by atoms with Crippen LogP contribution in [0.5, 0.6) is 0 Å². The number of aromatic nitrogens is 4. The normalized spacial score (nSPS) is 11.9. The molecule has 0 unspecified atom stereocenters. The second kappa shape index (κ2) is 29.0. The molecule has 22 aromatic rings. The van der Waals surface area contributed by atoms with Gasteiger partial charge in [-0.05, 0) is 125 Å². The van der Waals surface area contributed by atoms with Crippen LogP contribution < -0.4 is 31.8 Å². The number of fused-ring (bicyclic) bond motifs is 12. The van der Waals surface area contributed by atoms with E-state index in [1.807, 2.05) is 133 Å². The van der Waals surface area contributed by atoms with Gasteiger partial charge in [-0.15, -0.1) is 0 Å². The number of pyridine rings is 4. The second-order valence-electron chi connectivity index (χ2n) is 29.7. The van der Waals surface area contributed by atoms with Gasteiger partial charge in [0.2, 0.25) is 0 Å². The fourth-order valence-electron chi connectivity index (χ4n) is 17.4. The molecule has 0 fully saturated rings. The van der Waals surface area contributed by atoms with E-state index in [-0.39, 0.29) is 0 Å². The minimum absolute atomic E-state index is 0.809. The Balaban J connectivity index is 0.000000145. The molecule has 0 aliphatic rings. The molecule has 116 heavy (non-hydrogen) atoms. The molecular weight excluding hydrogens is 1450 g/mol. The largest absolute Gasteiger partial charge is 0.309 e. The Hall–Kier alpha value is -14.4. The lowest BCUT2D eigenvalue weighted by molar-refractivity contribution is 0.591. The molecule has 18 aromatic carbocycles. The van der Waals surface area contributed by atoms with Crippen molar-refractivity contribution in [1.29, 1.82) is 0 Å². The summed E-state index contributed by atoms with van der Waals surface area (Å²) < 4.78 is 30.1. The van der Waals surface area contributed by atoms with Gasteiger partial charge in [-0.3, -0.25) is 0 Å². The summed E-state index contributed by atoms with van der Waals surface area (Å²) in [7, 11) is -6.15. The average molecular weight is 1520 g/mol. The molecule has 0 bridgehead atoms. The van der Waals surface area contributed by atoms with E-state index in [1.54, 1.807) is 0 Å². The Bertz CT molecular complexity index is 7580. The van der Waals surface area contributed by atoms with Crippen LogP contribution in [0.25, 0.3) is 176 Å². The highest BCUT2D eigenvalue weighted by molar-refractivity contribution is 7.85. The molecule has 4 aromatic heterocycles. The summed E-state index contributed by atoms with van der Waals surface area (Å²) in [5, 5.41) is 20.7. The van der Waals surface area contributed by atoms with Gasteiger partial charge >= 0.3 is 0 Å². The summed E-state index contributed by atoms with van der Waals surface area (Å²) >= 11 is 0. The summed E-state index contributed by atoms with van der Waals surface area (Å²) in [5.41, 5.74) is 18.6. The summed E-state index contributed by atoms with van der Waals surface area (Å²) in [6.07, 6.45) is 0. The number of hydrogen-bond acceptors (Lipinski definition) is 6. The van der Waals surface area contributed by atoms with Crippen LogP contribution in [0.15, 0.2) is 425 Å². The third kappa shape index (κ3) is 12.0. The zero-order chi connectivity index (χ0) is 77.3. The maximum Gasteiger partial charge on any atom is 0.171 e. The SMILES string of the molecule is O=P(c1ccccc1)(c1ccccc1)c1ccc(-c2c3ccccc3c(-c3ccc4ccc5c(-c6ccccc6)c6ccccc6nc5c4n3)c3ccccc23)cc1.O=P(c1ccccc1)(c1ccccc1)c1ccc(-c2ccc3cc4cc(-c5ccc6ccc7c(-c8ccccc8)c8ccccc8nc7c6n5)ccc4cc3c2)cc1. The molecular formula is C108H70N4O2P2. The number of hydrogen-bond donors (Lipinski definition) is 0. The standard InChI is InChI=1S/2C54H35N2OP/c57-58(39-18-6-2-7-19-39,40-20-8-3-9-21-40)41-32-28-37(29-33-41)50-42-22-10-12-24-44(42)52(45-25-13-11-23-43(45)50)49-35-31-38-30-34-47-51(36-16-4-1-5-17-36)46-26-14-15-27-48(46)55-54(47)53(38)56-49;57-58(45-14-6-2-7-15-45,46-16-8-3-9-17-46)47-28-24-36(25-29-47)39-20-21-40-34-44-35-42(23-22-41(44)33-43(40)32-39)50-31-27-38-26-30-49-52(37-12-4-1-5-13-37)48-18-10-11-19-51(48)56-54(49)53(38)55-50/h2*1-35H. The fraction of sp³-hybridized carbons (Fsp3) is 0. The van der Waals surface area contributed by atoms with Gasteiger partial charge in [0.1, 0.15) is 0 Å². The summed E-state index contributed by atoms with van der Waals surface area (Å²) in [6.45, 7) is 0. The molecule has 4 heterocycles. The lowest BCUT2D eigenvalue weighted by atomic mass is 9.87. The van der Waals surface area contributed by atoms with E-state index >= 15 is 4.57 Å². The molecule has 0 atom stereocenters. The van der Waals surface area contributed by atoms with Crippen LogP contribution in [0.2, 0.25) is 0 Å². The van der Waals surface area contributed by atoms with Crippen molar-refractivity contribution in [3.63, 3.8) is 0 Å². The first-order valence-corrected chi connectivity index (χ1v) is 42.6. The third-order valence-electron chi connectivity index (χ3n) is 23.0. The van der Waals surface area contributed by atoms with Gasteiger partial charge in [0, 0.05) is 86.4 Å². The van der Waals surface area contributed by atoms with E-state index in [4.69, 9.17) is 19.9 Å². The van der Waals surface area contributed by atoms with Gasteiger partial charge in [-0.25, -0.2) is 19.9 Å². The predicted molar refractivity (Wildman–Crippen MR) is 491 cm³/mol. The van der Waals surface area contributed by atoms with Crippen molar-refractivity contribution in [2.75, 3.05) is 0 Å². The summed E-state index contributed by atoms with van der Waals surface area (Å²) in [5.74, 6) is 0. The average Bonchev–Trinajstić information content (AvgIpc) is 0.753. The molecule has 0 N–H and O–H groups in total. The molecule has 0 saturated carbocycles. The quantitative estimate of drug-likeness (QED) is 0.0688. The van der Waals surface area contributed by atoms with Gasteiger partial charge < -0.3 is 9.13 Å². The first-order chi connectivity index (χ1) is 57.3. The van der Waals surface area contributed by atoms with E-state index in [1.165, 1.54) is 32.8 Å². The van der Waals surface area contributed by atoms with Crippen LogP contribution in [0.1, 0.15) is 0 Å². The molecule has 0 aliphatic carbocycles. The maximum absolute atomic E-state index is 15.2. The molecule has 0 amide bonds. The minimum Gasteiger partial charge on any atom is -0.309 e. The molecule has 0 aliphatic heterocycles. The van der Waals surface area contributed by atoms with Crippen LogP contribution in [-0.4, -0.2) is 19.9 Å². The predicted octanol–water partition coefficient (Wildman–Crippen LogP) is 25.8. The highest BCUT2D eigenvalue weighted by Gasteiger charge is 2.32. The van der Waals surface area contributed by atoms with Crippen molar-refractivity contribution in [1.82, 2.24) is 19.9 Å². The molecule has 22 rings (SSSR count). The number of benzene rings is 18. The molecule has 544 valence electrons. The van der Waals surface area contributed by atoms with Gasteiger partial charge in [0.05, 0.1) is 44.5 Å². The van der Waals surface area contributed by atoms with Crippen LogP contribution in [0.4, 0.5) is 0 Å². The van der Waals surface area contributed by atoms with Crippen molar-refractivity contribution >= 4 is 155 Å². The van der Waals surface area contributed by atoms with E-state index in [9.17, 15) is 4.57 Å². The Kier molecular flexibility index (Phi) is 17.4. The van der Waals surface area contributed by atoms with Crippen molar-refractivity contribution in [2.24, 2.45) is 0 Å². The van der Waals surface area contributed by atoms with E-state index in [2.05, 4.69) is 291 Å². The first-order valence-electron chi connectivity index (χ1n) is 39.2. The van der Waals surface area contributed by atoms with Gasteiger partial charge in [0.15, 0.2) is 14.3 Å². The number of nitrogens with zero attached hydrogens (tertiary/aromatic N) is 4. The van der Waals surface area contributed by atoms with Crippen molar-refractivity contribution in [3.05, 3.63) is 425 Å². The van der Waals surface area contributed by atoms with Crippen LogP contribution in [0, 0.1) is 0 Å². The zero-order valence-electron chi connectivity index (χ0n) is 62.9. The maximum atomic E-state index is 15.2. The molecule has 8 heteroatoms. The van der Waals surface area contributed by atoms with Crippen molar-refractivity contribution in [3.8, 4) is 67.0 Å². The van der Waals surface area contributed by atoms with Crippen molar-refractivity contribution in [2.45, 2.75) is 0 Å². The molecule has 6 nitrogen and oxygen atoms in total. The Morgan fingerprint density at radius 1 is 0.164 bits per heavy atom. The van der Waals surface area contributed by atoms with E-state index in [0.29, 0.717) is 0 Å². The highest BCUT2D eigenvalue weighted by Crippen LogP contribution is 2.49. The lowest BCUT2D eigenvalue weighted by Crippen LogP contribution is -2.24. The minimum atomic E-state index is -3.12. The topological polar surface area (TPSA) is 85.7 Å². The van der Waals surface area contributed by atoms with Gasteiger partial charge in [0.25, 0.3) is 0 Å². The Morgan fingerprint density at radius 2 is 0.457 bits per heavy atom. The van der Waals surface area contributed by atoms with Crippen LogP contribution in [0.3, 0.4) is 0 Å². The summed E-state index contributed by atoms with van der Waals surface area (Å²) in [6, 6.07) is 146. The zero-order valence-corrected chi connectivity index (χ0v) is 64.7. The first kappa shape index (κ1) is 69.6. The third-order valence-corrected chi connectivity index (χ3v) is 29.1. The van der Waals surface area contributed by atoms with Crippen LogP contribution >= 0.6 is 14.3 Å². The lowest BCUT2D eigenvalue weighted by Gasteiger charge is -2.21. The summed E-state index contributed by atoms with van der Waals surface area (Å²) in [4.78, 5) is 21.3. The Labute approximate surface area is 670 Å². The number of para-hydroxylation sites is 2. The van der Waals surface area contributed by atoms with E-state index < -0.39 is 14.3 Å². The molecule has 0 radical (unpaired) electrons. The molecule has 0 spiro atoms. The second-order valence-corrected chi connectivity index (χ2v) is 35.2. The van der Waals surface area contributed by atoms with Crippen molar-refractivity contribution < 1.29 is 9.13 Å². The number of rotatable bonds is 12. The van der Waals surface area contributed by atoms with Gasteiger partial charge in [-0.2, -0.15) is 0 Å². The van der Waals surface area contributed by atoms with E-state index in [0.717, 1.165) is 175 Å². The Morgan fingerprint density at radius 3 is 0.888 bits per heavy atom. The van der Waals surface area contributed by atoms with Crippen LogP contribution in [-0.2, 0) is 9.13 Å². The van der Waals surface area contributed by atoms with Gasteiger partial charge in [-0.1, -0.05) is 376 Å². The fourth-order valence-corrected chi connectivity index (χ4v) is 22.7. The molecule has 0 saturated heterocycles.